The number of methoxy groups -OCH3 is 1. The van der Waals surface area contributed by atoms with Gasteiger partial charge in [0.05, 0.1) is 24.8 Å². The van der Waals surface area contributed by atoms with Gasteiger partial charge >= 0.3 is 0 Å². The highest BCUT2D eigenvalue weighted by molar-refractivity contribution is 6.12. The molecule has 1 heterocycles. The van der Waals surface area contributed by atoms with Crippen LogP contribution in [0.1, 0.15) is 34.1 Å². The first-order valence-electron chi connectivity index (χ1n) is 8.34. The van der Waals surface area contributed by atoms with E-state index in [9.17, 15) is 14.4 Å². The number of imide groups is 1. The highest BCUT2D eigenvalue weighted by Crippen LogP contribution is 2.27. The van der Waals surface area contributed by atoms with Crippen LogP contribution in [0.2, 0.25) is 0 Å². The molecule has 0 bridgehead atoms. The van der Waals surface area contributed by atoms with Crippen molar-refractivity contribution in [3.05, 3.63) is 59.7 Å². The molecule has 0 aromatic heterocycles. The quantitative estimate of drug-likeness (QED) is 0.610. The van der Waals surface area contributed by atoms with Gasteiger partial charge in [-0.05, 0) is 30.7 Å². The van der Waals surface area contributed by atoms with Crippen molar-refractivity contribution >= 4 is 17.6 Å². The number of carbonyl (C=O) groups excluding carboxylic acids is 3. The monoisotopic (exact) mass is 353 g/mol. The minimum Gasteiger partial charge on any atom is -0.496 e. The Morgan fingerprint density at radius 2 is 1.81 bits per heavy atom. The summed E-state index contributed by atoms with van der Waals surface area (Å²) >= 11 is 0. The highest BCUT2D eigenvalue weighted by atomic mass is 16.5. The number of Topliss-reactive ketones (excluding diaryl/α,β-unsaturated/α-hetero) is 1. The van der Waals surface area contributed by atoms with Gasteiger partial charge in [0, 0.05) is 0 Å². The number of ether oxygens (including phenoxy) is 2. The number of hydrogen-bond acceptors (Lipinski definition) is 5. The van der Waals surface area contributed by atoms with Gasteiger partial charge in [-0.3, -0.25) is 19.3 Å². The lowest BCUT2D eigenvalue weighted by atomic mass is 10.1. The summed E-state index contributed by atoms with van der Waals surface area (Å²) in [6.07, 6.45) is -0.423. The van der Waals surface area contributed by atoms with Gasteiger partial charge in [0.2, 0.25) is 0 Å². The molecule has 2 aromatic rings. The number of nitrogens with zero attached hydrogens (tertiary/aromatic N) is 1. The van der Waals surface area contributed by atoms with Crippen molar-refractivity contribution in [2.24, 2.45) is 0 Å². The first kappa shape index (κ1) is 17.7. The summed E-state index contributed by atoms with van der Waals surface area (Å²) in [7, 11) is 1.46. The van der Waals surface area contributed by atoms with Crippen LogP contribution in [0, 0.1) is 0 Å². The molecule has 2 aromatic carbocycles. The molecule has 26 heavy (non-hydrogen) atoms. The maximum Gasteiger partial charge on any atom is 0.270 e. The average Bonchev–Trinajstić information content (AvgIpc) is 2.78. The maximum absolute atomic E-state index is 12.9. The summed E-state index contributed by atoms with van der Waals surface area (Å²) in [6.45, 7) is 1.42. The molecule has 0 radical (unpaired) electrons. The first-order chi connectivity index (χ1) is 12.6. The second-order valence-electron chi connectivity index (χ2n) is 5.86. The number of benzene rings is 2. The lowest BCUT2D eigenvalue weighted by Crippen LogP contribution is -2.45. The fraction of sp³-hybridized carbons (Fsp3) is 0.250. The van der Waals surface area contributed by atoms with E-state index in [1.165, 1.54) is 7.11 Å². The van der Waals surface area contributed by atoms with Crippen molar-refractivity contribution in [1.82, 2.24) is 4.90 Å². The Morgan fingerprint density at radius 3 is 2.54 bits per heavy atom. The van der Waals surface area contributed by atoms with E-state index in [0.717, 1.165) is 4.90 Å². The third-order valence-corrected chi connectivity index (χ3v) is 4.25. The molecule has 3 rings (SSSR count). The first-order valence-corrected chi connectivity index (χ1v) is 8.34. The van der Waals surface area contributed by atoms with Crippen LogP contribution in [0.15, 0.2) is 48.5 Å². The molecular formula is C20H19NO5. The van der Waals surface area contributed by atoms with Crippen LogP contribution in [0.3, 0.4) is 0 Å². The van der Waals surface area contributed by atoms with Crippen molar-refractivity contribution in [3.8, 4) is 11.5 Å². The molecule has 6 heteroatoms. The number of carbonyl (C=O) groups is 3. The largest absolute Gasteiger partial charge is 0.496 e. The van der Waals surface area contributed by atoms with E-state index in [2.05, 4.69) is 0 Å². The van der Waals surface area contributed by atoms with Crippen molar-refractivity contribution in [1.29, 1.82) is 0 Å². The maximum atomic E-state index is 12.9. The van der Waals surface area contributed by atoms with Crippen molar-refractivity contribution in [3.63, 3.8) is 0 Å². The van der Waals surface area contributed by atoms with Gasteiger partial charge < -0.3 is 9.47 Å². The number of rotatable bonds is 5. The fourth-order valence-electron chi connectivity index (χ4n) is 2.88. The second-order valence-corrected chi connectivity index (χ2v) is 5.86. The van der Waals surface area contributed by atoms with E-state index in [4.69, 9.17) is 9.47 Å². The normalized spacial score (nSPS) is 16.5. The zero-order valence-electron chi connectivity index (χ0n) is 14.6. The molecule has 0 unspecified atom stereocenters. The number of fused-ring (bicyclic) bond motifs is 1. The van der Waals surface area contributed by atoms with Gasteiger partial charge in [0.1, 0.15) is 11.5 Å². The Kier molecular flexibility index (Phi) is 5.02. The molecular weight excluding hydrogens is 334 g/mol. The van der Waals surface area contributed by atoms with Crippen LogP contribution in [0.5, 0.6) is 11.5 Å². The van der Waals surface area contributed by atoms with Crippen LogP contribution >= 0.6 is 0 Å². The van der Waals surface area contributed by atoms with E-state index in [1.54, 1.807) is 55.5 Å². The van der Waals surface area contributed by atoms with E-state index < -0.39 is 17.9 Å². The molecule has 6 nitrogen and oxygen atoms in total. The summed E-state index contributed by atoms with van der Waals surface area (Å²) in [5.41, 5.74) is 0.590. The van der Waals surface area contributed by atoms with Crippen LogP contribution in [-0.4, -0.2) is 42.3 Å². The Morgan fingerprint density at radius 1 is 1.12 bits per heavy atom. The smallest absolute Gasteiger partial charge is 0.270 e. The molecule has 1 atom stereocenters. The highest BCUT2D eigenvalue weighted by Gasteiger charge is 2.36. The lowest BCUT2D eigenvalue weighted by molar-refractivity contribution is -0.135. The molecule has 1 aliphatic heterocycles. The predicted octanol–water partition coefficient (Wildman–Crippen LogP) is 2.72. The van der Waals surface area contributed by atoms with Gasteiger partial charge in [-0.25, -0.2) is 0 Å². The predicted molar refractivity (Wildman–Crippen MR) is 94.5 cm³/mol. The van der Waals surface area contributed by atoms with Gasteiger partial charge in [-0.15, -0.1) is 0 Å². The standard InChI is InChI=1S/C20H19NO5/c1-3-16-20(24)21(19(23)14-9-5-7-11-18(14)26-16)12-15(22)13-8-4-6-10-17(13)25-2/h4-11,16H,3,12H2,1-2H3/t16-/m1/s1. The molecule has 0 spiro atoms. The molecule has 1 aliphatic rings. The molecule has 0 aliphatic carbocycles. The third-order valence-electron chi connectivity index (χ3n) is 4.25. The van der Waals surface area contributed by atoms with Gasteiger partial charge in [0.15, 0.2) is 11.9 Å². The summed E-state index contributed by atoms with van der Waals surface area (Å²) in [6, 6.07) is 13.4. The van der Waals surface area contributed by atoms with Crippen LogP contribution in [0.25, 0.3) is 0 Å². The minimum absolute atomic E-state index is 0.268. The molecule has 134 valence electrons. The zero-order valence-corrected chi connectivity index (χ0v) is 14.6. The molecule has 0 fully saturated rings. The van der Waals surface area contributed by atoms with E-state index in [-0.39, 0.29) is 17.9 Å². The van der Waals surface area contributed by atoms with E-state index in [0.29, 0.717) is 23.5 Å². The lowest BCUT2D eigenvalue weighted by Gasteiger charge is -2.21. The van der Waals surface area contributed by atoms with Crippen LogP contribution in [-0.2, 0) is 4.79 Å². The van der Waals surface area contributed by atoms with Crippen molar-refractivity contribution in [2.45, 2.75) is 19.4 Å². The molecule has 0 N–H and O–H groups in total. The fourth-order valence-corrected chi connectivity index (χ4v) is 2.88. The van der Waals surface area contributed by atoms with Crippen LogP contribution in [0.4, 0.5) is 0 Å². The average molecular weight is 353 g/mol. The number of ketones is 1. The summed E-state index contributed by atoms with van der Waals surface area (Å²) in [5, 5.41) is 0. The summed E-state index contributed by atoms with van der Waals surface area (Å²) < 4.78 is 10.9. The second kappa shape index (κ2) is 7.39. The molecule has 2 amide bonds. The third kappa shape index (κ3) is 3.18. The molecule has 0 saturated carbocycles. The SMILES string of the molecule is CC[C@H]1Oc2ccccc2C(=O)N(CC(=O)c2ccccc2OC)C1=O. The van der Waals surface area contributed by atoms with Gasteiger partial charge in [0.25, 0.3) is 11.8 Å². The Labute approximate surface area is 151 Å². The minimum atomic E-state index is -0.812. The van der Waals surface area contributed by atoms with Crippen molar-refractivity contribution in [2.75, 3.05) is 13.7 Å². The Hall–Kier alpha value is -3.15. The van der Waals surface area contributed by atoms with Gasteiger partial charge in [-0.1, -0.05) is 31.2 Å². The molecule has 0 saturated heterocycles. The topological polar surface area (TPSA) is 72.9 Å². The van der Waals surface area contributed by atoms with Gasteiger partial charge in [-0.2, -0.15) is 0 Å². The number of hydrogen-bond donors (Lipinski definition) is 0. The van der Waals surface area contributed by atoms with E-state index in [1.807, 2.05) is 0 Å². The summed E-state index contributed by atoms with van der Waals surface area (Å²) in [4.78, 5) is 39.3. The zero-order chi connectivity index (χ0) is 18.7. The number of para-hydroxylation sites is 2. The van der Waals surface area contributed by atoms with Crippen molar-refractivity contribution < 1.29 is 23.9 Å². The van der Waals surface area contributed by atoms with Crippen LogP contribution < -0.4 is 9.47 Å². The number of amides is 2. The summed E-state index contributed by atoms with van der Waals surface area (Å²) in [5.74, 6) is -0.680. The van der Waals surface area contributed by atoms with E-state index >= 15 is 0 Å². The Bertz CT molecular complexity index is 861. The Balaban J connectivity index is 1.96.